The summed E-state index contributed by atoms with van der Waals surface area (Å²) in [5, 5.41) is 7.32. The van der Waals surface area contributed by atoms with E-state index in [1.165, 1.54) is 0 Å². The van der Waals surface area contributed by atoms with Crippen molar-refractivity contribution < 1.29 is 9.59 Å². The van der Waals surface area contributed by atoms with E-state index >= 15 is 0 Å². The fraction of sp³-hybridized carbons (Fsp3) is 0.643. The molecule has 2 amide bonds. The fourth-order valence-corrected chi connectivity index (χ4v) is 2.82. The van der Waals surface area contributed by atoms with E-state index in [1.54, 1.807) is 6.20 Å². The van der Waals surface area contributed by atoms with E-state index in [9.17, 15) is 9.59 Å². The zero-order chi connectivity index (χ0) is 14.8. The first-order valence-corrected chi connectivity index (χ1v) is 7.48. The molecule has 0 radical (unpaired) electrons. The molecule has 0 spiro atoms. The van der Waals surface area contributed by atoms with Gasteiger partial charge in [-0.15, -0.1) is 0 Å². The highest BCUT2D eigenvalue weighted by Crippen LogP contribution is 2.31. The van der Waals surface area contributed by atoms with Gasteiger partial charge in [0.05, 0.1) is 18.8 Å². The summed E-state index contributed by atoms with van der Waals surface area (Å²) in [6.07, 6.45) is 5.51. The van der Waals surface area contributed by atoms with Crippen molar-refractivity contribution in [2.75, 3.05) is 25.0 Å². The molecule has 1 aromatic rings. The van der Waals surface area contributed by atoms with Crippen LogP contribution in [0.3, 0.4) is 0 Å². The van der Waals surface area contributed by atoms with Crippen molar-refractivity contribution in [1.82, 2.24) is 14.7 Å². The summed E-state index contributed by atoms with van der Waals surface area (Å²) < 4.78 is 1.90. The molecule has 1 aliphatic carbocycles. The zero-order valence-electron chi connectivity index (χ0n) is 12.0. The maximum Gasteiger partial charge on any atom is 0.231 e. The predicted octanol–water partition coefficient (Wildman–Crippen LogP) is 0.354. The summed E-state index contributed by atoms with van der Waals surface area (Å²) in [4.78, 5) is 24.9. The number of hydrogen-bond donors (Lipinski definition) is 2. The third-order valence-corrected chi connectivity index (χ3v) is 4.15. The van der Waals surface area contributed by atoms with Crippen LogP contribution in [-0.2, 0) is 9.59 Å². The Hall–Kier alpha value is -1.89. The van der Waals surface area contributed by atoms with E-state index < -0.39 is 0 Å². The number of aromatic nitrogens is 2. The summed E-state index contributed by atoms with van der Waals surface area (Å²) in [5.74, 6) is 0.777. The summed E-state index contributed by atoms with van der Waals surface area (Å²) in [6.45, 7) is 1.96. The highest BCUT2D eigenvalue weighted by molar-refractivity contribution is 5.93. The van der Waals surface area contributed by atoms with Gasteiger partial charge < -0.3 is 11.1 Å². The first kappa shape index (κ1) is 14.1. The molecule has 0 unspecified atom stereocenters. The van der Waals surface area contributed by atoms with E-state index in [0.29, 0.717) is 6.54 Å². The lowest BCUT2D eigenvalue weighted by molar-refractivity contribution is -0.119. The van der Waals surface area contributed by atoms with Crippen molar-refractivity contribution in [3.05, 3.63) is 12.3 Å². The quantitative estimate of drug-likeness (QED) is 0.819. The monoisotopic (exact) mass is 291 g/mol. The number of carbonyl (C=O) groups is 2. The highest BCUT2D eigenvalue weighted by atomic mass is 16.2. The number of hydrogen-bond acceptors (Lipinski definition) is 4. The second kappa shape index (κ2) is 5.85. The topological polar surface area (TPSA) is 93.2 Å². The van der Waals surface area contributed by atoms with Gasteiger partial charge in [-0.3, -0.25) is 14.5 Å². The number of carbonyl (C=O) groups excluding carboxylic acids is 2. The average molecular weight is 291 g/mol. The minimum absolute atomic E-state index is 0.0999. The van der Waals surface area contributed by atoms with Crippen molar-refractivity contribution in [2.24, 2.45) is 11.7 Å². The van der Waals surface area contributed by atoms with Crippen LogP contribution in [0.25, 0.3) is 0 Å². The van der Waals surface area contributed by atoms with Gasteiger partial charge >= 0.3 is 0 Å². The number of rotatable bonds is 5. The molecule has 7 heteroatoms. The molecule has 1 saturated carbocycles. The van der Waals surface area contributed by atoms with Crippen molar-refractivity contribution in [3.63, 3.8) is 0 Å². The summed E-state index contributed by atoms with van der Waals surface area (Å²) in [7, 11) is 0. The number of nitrogens with two attached hydrogens (primary N) is 1. The average Bonchev–Trinajstić information content (AvgIpc) is 3.20. The zero-order valence-corrected chi connectivity index (χ0v) is 12.0. The van der Waals surface area contributed by atoms with E-state index in [-0.39, 0.29) is 23.8 Å². The van der Waals surface area contributed by atoms with Gasteiger partial charge in [-0.05, 0) is 25.7 Å². The SMILES string of the molecule is NC(=O)CN1CCC(n2nccc2NC(=O)C2CC2)CC1. The summed E-state index contributed by atoms with van der Waals surface area (Å²) in [6, 6.07) is 2.11. The fourth-order valence-electron chi connectivity index (χ4n) is 2.82. The van der Waals surface area contributed by atoms with Crippen molar-refractivity contribution in [1.29, 1.82) is 0 Å². The number of nitrogens with one attached hydrogen (secondary N) is 1. The number of likely N-dealkylation sites (tertiary alicyclic amines) is 1. The first-order valence-electron chi connectivity index (χ1n) is 7.48. The largest absolute Gasteiger partial charge is 0.369 e. The van der Waals surface area contributed by atoms with E-state index in [2.05, 4.69) is 15.3 Å². The van der Waals surface area contributed by atoms with Gasteiger partial charge in [-0.2, -0.15) is 5.10 Å². The van der Waals surface area contributed by atoms with Crippen molar-refractivity contribution >= 4 is 17.6 Å². The molecule has 7 nitrogen and oxygen atoms in total. The number of primary amides is 1. The standard InChI is InChI=1S/C14H21N5O2/c15-12(20)9-18-7-4-11(5-8-18)19-13(3-6-16-19)17-14(21)10-1-2-10/h3,6,10-11H,1-2,4-5,7-9H2,(H2,15,20)(H,17,21). The van der Waals surface area contributed by atoms with Crippen LogP contribution >= 0.6 is 0 Å². The molecule has 1 saturated heterocycles. The van der Waals surface area contributed by atoms with Crippen LogP contribution in [0.5, 0.6) is 0 Å². The Morgan fingerprint density at radius 1 is 1.29 bits per heavy atom. The van der Waals surface area contributed by atoms with Gasteiger partial charge in [0, 0.05) is 25.1 Å². The van der Waals surface area contributed by atoms with E-state index in [0.717, 1.165) is 44.6 Å². The second-order valence-corrected chi connectivity index (χ2v) is 5.90. The van der Waals surface area contributed by atoms with E-state index in [4.69, 9.17) is 5.73 Å². The lowest BCUT2D eigenvalue weighted by Crippen LogP contribution is -2.40. The molecule has 1 aliphatic heterocycles. The first-order chi connectivity index (χ1) is 10.1. The Morgan fingerprint density at radius 3 is 2.62 bits per heavy atom. The molecule has 1 aromatic heterocycles. The van der Waals surface area contributed by atoms with Crippen molar-refractivity contribution in [2.45, 2.75) is 31.7 Å². The Labute approximate surface area is 123 Å². The third kappa shape index (κ3) is 3.41. The van der Waals surface area contributed by atoms with Gasteiger partial charge in [-0.25, -0.2) is 4.68 Å². The highest BCUT2D eigenvalue weighted by Gasteiger charge is 2.31. The lowest BCUT2D eigenvalue weighted by Gasteiger charge is -2.31. The Bertz CT molecular complexity index is 529. The summed E-state index contributed by atoms with van der Waals surface area (Å²) >= 11 is 0. The second-order valence-electron chi connectivity index (χ2n) is 5.90. The van der Waals surface area contributed by atoms with Gasteiger partial charge in [0.25, 0.3) is 0 Å². The Balaban J connectivity index is 1.59. The van der Waals surface area contributed by atoms with Crippen LogP contribution in [0.1, 0.15) is 31.7 Å². The van der Waals surface area contributed by atoms with Gasteiger partial charge in [0.2, 0.25) is 11.8 Å². The number of piperidine rings is 1. The van der Waals surface area contributed by atoms with Gasteiger partial charge in [0.1, 0.15) is 5.82 Å². The van der Waals surface area contributed by atoms with Gasteiger partial charge in [-0.1, -0.05) is 0 Å². The van der Waals surface area contributed by atoms with Crippen molar-refractivity contribution in [3.8, 4) is 0 Å². The molecule has 21 heavy (non-hydrogen) atoms. The summed E-state index contributed by atoms with van der Waals surface area (Å²) in [5.41, 5.74) is 5.22. The molecule has 0 aromatic carbocycles. The van der Waals surface area contributed by atoms with Crippen LogP contribution in [-0.4, -0.2) is 46.1 Å². The van der Waals surface area contributed by atoms with Crippen LogP contribution < -0.4 is 11.1 Å². The number of anilines is 1. The molecule has 2 heterocycles. The third-order valence-electron chi connectivity index (χ3n) is 4.15. The number of nitrogens with zero attached hydrogens (tertiary/aromatic N) is 3. The maximum atomic E-state index is 11.9. The Morgan fingerprint density at radius 2 is 2.00 bits per heavy atom. The predicted molar refractivity (Wildman–Crippen MR) is 77.5 cm³/mol. The molecule has 0 atom stereocenters. The Kier molecular flexibility index (Phi) is 3.92. The van der Waals surface area contributed by atoms with Crippen LogP contribution in [0.4, 0.5) is 5.82 Å². The molecular weight excluding hydrogens is 270 g/mol. The van der Waals surface area contributed by atoms with Crippen LogP contribution in [0.2, 0.25) is 0 Å². The minimum Gasteiger partial charge on any atom is -0.369 e. The number of amides is 2. The molecule has 3 N–H and O–H groups in total. The van der Waals surface area contributed by atoms with Gasteiger partial charge in [0.15, 0.2) is 0 Å². The molecular formula is C14H21N5O2. The molecule has 0 bridgehead atoms. The maximum absolute atomic E-state index is 11.9. The molecule has 114 valence electrons. The van der Waals surface area contributed by atoms with Crippen LogP contribution in [0, 0.1) is 5.92 Å². The molecule has 3 rings (SSSR count). The molecule has 2 fully saturated rings. The molecule has 2 aliphatic rings. The normalized spacial score (nSPS) is 20.4. The smallest absolute Gasteiger partial charge is 0.231 e. The lowest BCUT2D eigenvalue weighted by atomic mass is 10.1. The van der Waals surface area contributed by atoms with E-state index in [1.807, 2.05) is 10.7 Å². The minimum atomic E-state index is -0.287. The van der Waals surface area contributed by atoms with Crippen LogP contribution in [0.15, 0.2) is 12.3 Å².